The van der Waals surface area contributed by atoms with E-state index in [4.69, 9.17) is 0 Å². The van der Waals surface area contributed by atoms with Crippen LogP contribution >= 0.6 is 0 Å². The van der Waals surface area contributed by atoms with Gasteiger partial charge in [-0.1, -0.05) is 36.4 Å². The molecule has 0 atom stereocenters. The van der Waals surface area contributed by atoms with Crippen molar-refractivity contribution in [3.05, 3.63) is 67.1 Å². The van der Waals surface area contributed by atoms with Crippen molar-refractivity contribution in [3.63, 3.8) is 0 Å². The molecule has 0 aliphatic heterocycles. The van der Waals surface area contributed by atoms with Gasteiger partial charge in [0.25, 0.3) is 0 Å². The number of nitrogens with zero attached hydrogens (tertiary/aromatic N) is 1. The number of hydrogen-bond acceptors (Lipinski definition) is 1. The lowest BCUT2D eigenvalue weighted by molar-refractivity contribution is 1.33. The Balaban J connectivity index is 1.99. The Morgan fingerprint density at radius 2 is 1.65 bits per heavy atom. The fraction of sp³-hybridized carbons (Fsp3) is 0. The lowest BCUT2D eigenvalue weighted by Gasteiger charge is -1.96. The van der Waals surface area contributed by atoms with E-state index in [2.05, 4.69) is 34.2 Å². The highest BCUT2D eigenvalue weighted by molar-refractivity contribution is 5.70. The summed E-state index contributed by atoms with van der Waals surface area (Å²) < 4.78 is 0. The molecule has 0 unspecified atom stereocenters. The molecule has 0 spiro atoms. The molecular weight excluding hydrogens is 208 g/mol. The zero-order valence-corrected chi connectivity index (χ0v) is 9.30. The zero-order valence-electron chi connectivity index (χ0n) is 9.30. The zero-order chi connectivity index (χ0) is 11.5. The molecule has 2 aromatic heterocycles. The van der Waals surface area contributed by atoms with Crippen LogP contribution in [0.1, 0.15) is 0 Å². The maximum atomic E-state index is 4.13. The van der Waals surface area contributed by atoms with E-state index in [0.717, 1.165) is 16.8 Å². The number of aromatic amines is 1. The molecule has 2 heterocycles. The second-order valence-corrected chi connectivity index (χ2v) is 3.91. The van der Waals surface area contributed by atoms with Crippen molar-refractivity contribution in [1.82, 2.24) is 9.97 Å². The summed E-state index contributed by atoms with van der Waals surface area (Å²) in [6, 6.07) is 16.5. The summed E-state index contributed by atoms with van der Waals surface area (Å²) in [7, 11) is 0. The van der Waals surface area contributed by atoms with Gasteiger partial charge in [-0.2, -0.15) is 0 Å². The molecule has 82 valence electrons. The first-order valence-corrected chi connectivity index (χ1v) is 5.58. The van der Waals surface area contributed by atoms with Crippen LogP contribution in [-0.2, 0) is 0 Å². The van der Waals surface area contributed by atoms with Crippen LogP contribution in [0.4, 0.5) is 0 Å². The minimum Gasteiger partial charge on any atom is -0.361 e. The molecule has 17 heavy (non-hydrogen) atoms. The Hall–Kier alpha value is -2.35. The van der Waals surface area contributed by atoms with Gasteiger partial charge in [0, 0.05) is 35.4 Å². The highest BCUT2D eigenvalue weighted by Gasteiger charge is 2.03. The van der Waals surface area contributed by atoms with E-state index in [0.29, 0.717) is 0 Å². The van der Waals surface area contributed by atoms with Crippen molar-refractivity contribution in [1.29, 1.82) is 0 Å². The third-order valence-electron chi connectivity index (χ3n) is 2.76. The maximum absolute atomic E-state index is 4.13. The Labute approximate surface area is 100.0 Å². The van der Waals surface area contributed by atoms with Gasteiger partial charge in [0.2, 0.25) is 0 Å². The summed E-state index contributed by atoms with van der Waals surface area (Å²) in [5.74, 6) is 0. The van der Waals surface area contributed by atoms with Gasteiger partial charge in [0.1, 0.15) is 0 Å². The van der Waals surface area contributed by atoms with Gasteiger partial charge in [-0.05, 0) is 17.7 Å². The Bertz CT molecular complexity index is 543. The largest absolute Gasteiger partial charge is 0.361 e. The molecule has 2 nitrogen and oxygen atoms in total. The van der Waals surface area contributed by atoms with Crippen LogP contribution in [0.15, 0.2) is 67.1 Å². The molecule has 3 rings (SSSR count). The molecule has 0 bridgehead atoms. The number of benzene rings is 1. The lowest BCUT2D eigenvalue weighted by atomic mass is 10.1. The molecule has 1 N–H and O–H groups in total. The number of nitrogens with one attached hydrogen (secondary N) is 1. The van der Waals surface area contributed by atoms with Gasteiger partial charge in [0.15, 0.2) is 0 Å². The third kappa shape index (κ3) is 1.97. The first-order chi connectivity index (χ1) is 8.43. The molecule has 0 radical (unpaired) electrons. The van der Waals surface area contributed by atoms with Crippen LogP contribution in [0.2, 0.25) is 0 Å². The van der Waals surface area contributed by atoms with Crippen LogP contribution in [0.3, 0.4) is 0 Å². The van der Waals surface area contributed by atoms with Crippen molar-refractivity contribution in [2.45, 2.75) is 0 Å². The van der Waals surface area contributed by atoms with Crippen LogP contribution < -0.4 is 0 Å². The van der Waals surface area contributed by atoms with E-state index in [1.54, 1.807) is 6.20 Å². The monoisotopic (exact) mass is 220 g/mol. The van der Waals surface area contributed by atoms with E-state index < -0.39 is 0 Å². The van der Waals surface area contributed by atoms with Crippen LogP contribution in [0.5, 0.6) is 0 Å². The smallest absolute Gasteiger partial charge is 0.0460 e. The number of H-pyrrole nitrogens is 1. The summed E-state index contributed by atoms with van der Waals surface area (Å²) in [5, 5.41) is 0. The number of aromatic nitrogens is 2. The van der Waals surface area contributed by atoms with Crippen molar-refractivity contribution >= 4 is 0 Å². The quantitative estimate of drug-likeness (QED) is 0.700. The number of pyridine rings is 1. The summed E-state index contributed by atoms with van der Waals surface area (Å²) >= 11 is 0. The standard InChI is InChI=1S/C15H12N2/c1-2-5-12(6-3-1)15-9-14(11-17-15)13-7-4-8-16-10-13/h1-11,17H. The molecule has 0 aliphatic rings. The molecule has 0 saturated carbocycles. The first kappa shape index (κ1) is 9.85. The Morgan fingerprint density at radius 3 is 2.41 bits per heavy atom. The van der Waals surface area contributed by atoms with Crippen LogP contribution in [0.25, 0.3) is 22.4 Å². The predicted molar refractivity (Wildman–Crippen MR) is 69.5 cm³/mol. The van der Waals surface area contributed by atoms with Crippen molar-refractivity contribution < 1.29 is 0 Å². The van der Waals surface area contributed by atoms with Gasteiger partial charge in [0.05, 0.1) is 0 Å². The topological polar surface area (TPSA) is 28.7 Å². The fourth-order valence-corrected chi connectivity index (χ4v) is 1.88. The van der Waals surface area contributed by atoms with E-state index in [-0.39, 0.29) is 0 Å². The van der Waals surface area contributed by atoms with Crippen LogP contribution in [-0.4, -0.2) is 9.97 Å². The third-order valence-corrected chi connectivity index (χ3v) is 2.76. The molecule has 0 amide bonds. The molecule has 0 saturated heterocycles. The van der Waals surface area contributed by atoms with E-state index in [1.165, 1.54) is 5.56 Å². The second kappa shape index (κ2) is 4.26. The van der Waals surface area contributed by atoms with E-state index >= 15 is 0 Å². The van der Waals surface area contributed by atoms with Gasteiger partial charge < -0.3 is 4.98 Å². The molecule has 1 aromatic carbocycles. The highest BCUT2D eigenvalue weighted by atomic mass is 14.7. The molecular formula is C15H12N2. The minimum atomic E-state index is 1.13. The minimum absolute atomic E-state index is 1.13. The number of rotatable bonds is 2. The van der Waals surface area contributed by atoms with Crippen molar-refractivity contribution in [2.24, 2.45) is 0 Å². The molecule has 2 heteroatoms. The van der Waals surface area contributed by atoms with E-state index in [9.17, 15) is 0 Å². The lowest BCUT2D eigenvalue weighted by Crippen LogP contribution is -1.75. The second-order valence-electron chi connectivity index (χ2n) is 3.91. The van der Waals surface area contributed by atoms with Crippen molar-refractivity contribution in [3.8, 4) is 22.4 Å². The molecule has 0 fully saturated rings. The van der Waals surface area contributed by atoms with Crippen molar-refractivity contribution in [2.75, 3.05) is 0 Å². The molecule has 3 aromatic rings. The average Bonchev–Trinajstić information content (AvgIpc) is 2.90. The summed E-state index contributed by atoms with van der Waals surface area (Å²) in [4.78, 5) is 7.42. The van der Waals surface area contributed by atoms with Gasteiger partial charge in [-0.3, -0.25) is 4.98 Å². The molecule has 0 aliphatic carbocycles. The number of hydrogen-bond donors (Lipinski definition) is 1. The predicted octanol–water partition coefficient (Wildman–Crippen LogP) is 3.74. The fourth-order valence-electron chi connectivity index (χ4n) is 1.88. The van der Waals surface area contributed by atoms with Crippen LogP contribution in [0, 0.1) is 0 Å². The first-order valence-electron chi connectivity index (χ1n) is 5.58. The SMILES string of the molecule is c1ccc(-c2cc(-c3cccnc3)c[nH]2)cc1. The van der Waals surface area contributed by atoms with E-state index in [1.807, 2.05) is 36.7 Å². The normalized spacial score (nSPS) is 10.4. The van der Waals surface area contributed by atoms with Gasteiger partial charge >= 0.3 is 0 Å². The average molecular weight is 220 g/mol. The summed E-state index contributed by atoms with van der Waals surface area (Å²) in [5.41, 5.74) is 4.62. The summed E-state index contributed by atoms with van der Waals surface area (Å²) in [6.07, 6.45) is 5.67. The highest BCUT2D eigenvalue weighted by Crippen LogP contribution is 2.24. The Kier molecular flexibility index (Phi) is 2.47. The Morgan fingerprint density at radius 1 is 0.824 bits per heavy atom. The van der Waals surface area contributed by atoms with Gasteiger partial charge in [-0.25, -0.2) is 0 Å². The maximum Gasteiger partial charge on any atom is 0.0460 e. The van der Waals surface area contributed by atoms with Gasteiger partial charge in [-0.15, -0.1) is 0 Å². The summed E-state index contributed by atoms with van der Waals surface area (Å²) in [6.45, 7) is 0.